The van der Waals surface area contributed by atoms with Crippen LogP contribution in [-0.4, -0.2) is 40.8 Å². The van der Waals surface area contributed by atoms with E-state index in [1.807, 2.05) is 30.3 Å². The van der Waals surface area contributed by atoms with Gasteiger partial charge in [0.2, 0.25) is 5.91 Å². The van der Waals surface area contributed by atoms with Gasteiger partial charge >= 0.3 is 0 Å². The maximum atomic E-state index is 12.9. The van der Waals surface area contributed by atoms with E-state index in [9.17, 15) is 19.2 Å². The molecule has 4 amide bonds. The van der Waals surface area contributed by atoms with Crippen molar-refractivity contribution < 1.29 is 19.2 Å². The molecule has 0 aromatic heterocycles. The highest BCUT2D eigenvalue weighted by atomic mass is 32.2. The number of nitrogens with one attached hydrogen (secondary N) is 1. The van der Waals surface area contributed by atoms with Gasteiger partial charge in [-0.15, -0.1) is 11.8 Å². The Kier molecular flexibility index (Phi) is 6.55. The van der Waals surface area contributed by atoms with E-state index >= 15 is 0 Å². The molecule has 1 heterocycles. The largest absolute Gasteiger partial charge is 0.369 e. The third-order valence-electron chi connectivity index (χ3n) is 5.20. The van der Waals surface area contributed by atoms with E-state index in [-0.39, 0.29) is 29.3 Å². The summed E-state index contributed by atoms with van der Waals surface area (Å²) in [4.78, 5) is 51.5. The number of amides is 4. The minimum Gasteiger partial charge on any atom is -0.369 e. The van der Waals surface area contributed by atoms with Crippen molar-refractivity contribution in [3.8, 4) is 0 Å². The van der Waals surface area contributed by atoms with Crippen molar-refractivity contribution in [3.05, 3.63) is 95.1 Å². The zero-order chi connectivity index (χ0) is 23.4. The van der Waals surface area contributed by atoms with E-state index in [4.69, 9.17) is 5.73 Å². The summed E-state index contributed by atoms with van der Waals surface area (Å²) in [6, 6.07) is 21.2. The third kappa shape index (κ3) is 4.96. The molecule has 1 aliphatic rings. The van der Waals surface area contributed by atoms with Crippen molar-refractivity contribution in [1.82, 2.24) is 4.90 Å². The molecule has 3 N–H and O–H groups in total. The molecule has 3 aromatic carbocycles. The molecular formula is C25H21N3O4S. The first-order valence-electron chi connectivity index (χ1n) is 10.3. The Balaban J connectivity index is 1.49. The van der Waals surface area contributed by atoms with Crippen LogP contribution in [0.25, 0.3) is 0 Å². The normalized spacial score (nSPS) is 12.5. The molecule has 0 aliphatic carbocycles. The molecule has 3 aromatic rings. The average Bonchev–Trinajstić information content (AvgIpc) is 3.06. The van der Waals surface area contributed by atoms with Crippen LogP contribution in [0.2, 0.25) is 0 Å². The zero-order valence-electron chi connectivity index (χ0n) is 17.6. The van der Waals surface area contributed by atoms with E-state index in [0.717, 1.165) is 5.56 Å². The van der Waals surface area contributed by atoms with Gasteiger partial charge < -0.3 is 11.1 Å². The number of fused-ring (bicyclic) bond motifs is 1. The summed E-state index contributed by atoms with van der Waals surface area (Å²) >= 11 is 1.22. The summed E-state index contributed by atoms with van der Waals surface area (Å²) in [5.74, 6) is -1.56. The van der Waals surface area contributed by atoms with Gasteiger partial charge in [-0.05, 0) is 42.3 Å². The summed E-state index contributed by atoms with van der Waals surface area (Å²) < 4.78 is 0. The number of nitrogens with zero attached hydrogens (tertiary/aromatic N) is 1. The predicted molar refractivity (Wildman–Crippen MR) is 126 cm³/mol. The predicted octanol–water partition coefficient (Wildman–Crippen LogP) is 3.36. The maximum Gasteiger partial charge on any atom is 0.261 e. The Morgan fingerprint density at radius 1 is 0.879 bits per heavy atom. The molecule has 1 aliphatic heterocycles. The van der Waals surface area contributed by atoms with E-state index in [1.165, 1.54) is 34.9 Å². The van der Waals surface area contributed by atoms with Crippen molar-refractivity contribution in [3.63, 3.8) is 0 Å². The number of hydrogen-bond donors (Lipinski definition) is 2. The first-order valence-corrected chi connectivity index (χ1v) is 11.3. The van der Waals surface area contributed by atoms with E-state index < -0.39 is 17.7 Å². The molecule has 166 valence electrons. The highest BCUT2D eigenvalue weighted by molar-refractivity contribution is 8.00. The first kappa shape index (κ1) is 22.3. The SMILES string of the molecule is NC(=O)CSc1ccccc1NC(=O)c1ccc2c(c1)C(=O)N(CCc1ccccc1)C2=O. The second-order valence-electron chi connectivity index (χ2n) is 7.46. The molecule has 0 fully saturated rings. The minimum absolute atomic E-state index is 0.0845. The smallest absolute Gasteiger partial charge is 0.261 e. The molecular weight excluding hydrogens is 438 g/mol. The van der Waals surface area contributed by atoms with E-state index in [2.05, 4.69) is 5.32 Å². The Morgan fingerprint density at radius 2 is 1.58 bits per heavy atom. The number of hydrogen-bond acceptors (Lipinski definition) is 5. The second kappa shape index (κ2) is 9.70. The lowest BCUT2D eigenvalue weighted by atomic mass is 10.1. The fraction of sp³-hybridized carbons (Fsp3) is 0.120. The van der Waals surface area contributed by atoms with Crippen LogP contribution >= 0.6 is 11.8 Å². The topological polar surface area (TPSA) is 110 Å². The van der Waals surface area contributed by atoms with Crippen molar-refractivity contribution in [2.75, 3.05) is 17.6 Å². The number of benzene rings is 3. The molecule has 0 bridgehead atoms. The van der Waals surface area contributed by atoms with Crippen LogP contribution in [-0.2, 0) is 11.2 Å². The van der Waals surface area contributed by atoms with Crippen LogP contribution in [0.5, 0.6) is 0 Å². The number of para-hydroxylation sites is 1. The number of thioether (sulfide) groups is 1. The number of primary amides is 1. The molecule has 33 heavy (non-hydrogen) atoms. The molecule has 7 nitrogen and oxygen atoms in total. The number of carbonyl (C=O) groups excluding carboxylic acids is 4. The molecule has 0 saturated carbocycles. The van der Waals surface area contributed by atoms with Gasteiger partial charge in [-0.2, -0.15) is 0 Å². The Hall–Kier alpha value is -3.91. The fourth-order valence-corrected chi connectivity index (χ4v) is 4.31. The Labute approximate surface area is 195 Å². The Bertz CT molecular complexity index is 1240. The van der Waals surface area contributed by atoms with Gasteiger partial charge in [0.1, 0.15) is 0 Å². The molecule has 0 atom stereocenters. The molecule has 0 saturated heterocycles. The fourth-order valence-electron chi connectivity index (χ4n) is 3.56. The van der Waals surface area contributed by atoms with Crippen LogP contribution < -0.4 is 11.1 Å². The van der Waals surface area contributed by atoms with E-state index in [0.29, 0.717) is 22.6 Å². The van der Waals surface area contributed by atoms with Gasteiger partial charge in [0, 0.05) is 17.0 Å². The summed E-state index contributed by atoms with van der Waals surface area (Å²) in [5.41, 5.74) is 7.54. The van der Waals surface area contributed by atoms with Crippen molar-refractivity contribution >= 4 is 41.1 Å². The van der Waals surface area contributed by atoms with Crippen LogP contribution in [0.1, 0.15) is 36.6 Å². The summed E-state index contributed by atoms with van der Waals surface area (Å²) in [5, 5.41) is 2.80. The van der Waals surface area contributed by atoms with Crippen LogP contribution in [0.4, 0.5) is 5.69 Å². The number of rotatable bonds is 8. The van der Waals surface area contributed by atoms with Crippen molar-refractivity contribution in [2.24, 2.45) is 5.73 Å². The van der Waals surface area contributed by atoms with Crippen LogP contribution in [0.15, 0.2) is 77.7 Å². The lowest BCUT2D eigenvalue weighted by Gasteiger charge is -2.13. The summed E-state index contributed by atoms with van der Waals surface area (Å²) in [6.07, 6.45) is 0.555. The lowest BCUT2D eigenvalue weighted by Crippen LogP contribution is -2.31. The number of anilines is 1. The summed E-state index contributed by atoms with van der Waals surface area (Å²) in [7, 11) is 0. The van der Waals surface area contributed by atoms with Gasteiger partial charge in [0.05, 0.1) is 22.6 Å². The zero-order valence-corrected chi connectivity index (χ0v) is 18.4. The van der Waals surface area contributed by atoms with Crippen molar-refractivity contribution in [1.29, 1.82) is 0 Å². The Morgan fingerprint density at radius 3 is 2.33 bits per heavy atom. The first-order chi connectivity index (χ1) is 15.9. The third-order valence-corrected chi connectivity index (χ3v) is 6.30. The van der Waals surface area contributed by atoms with Gasteiger partial charge in [-0.3, -0.25) is 24.1 Å². The molecule has 0 radical (unpaired) electrons. The average molecular weight is 460 g/mol. The van der Waals surface area contributed by atoms with Gasteiger partial charge in [0.15, 0.2) is 0 Å². The van der Waals surface area contributed by atoms with Gasteiger partial charge in [-0.25, -0.2) is 0 Å². The molecule has 8 heteroatoms. The number of carbonyl (C=O) groups is 4. The van der Waals surface area contributed by atoms with Crippen LogP contribution in [0, 0.1) is 0 Å². The highest BCUT2D eigenvalue weighted by Crippen LogP contribution is 2.28. The highest BCUT2D eigenvalue weighted by Gasteiger charge is 2.35. The second-order valence-corrected chi connectivity index (χ2v) is 8.48. The molecule has 0 spiro atoms. The maximum absolute atomic E-state index is 12.9. The number of nitrogens with two attached hydrogens (primary N) is 1. The van der Waals surface area contributed by atoms with Gasteiger partial charge in [-0.1, -0.05) is 42.5 Å². The standard InChI is InChI=1S/C25H21N3O4S/c26-22(29)15-33-21-9-5-4-8-20(21)27-23(30)17-10-11-18-19(14-17)25(32)28(24(18)31)13-12-16-6-2-1-3-7-16/h1-11,14H,12-13,15H2,(H2,26,29)(H,27,30). The van der Waals surface area contributed by atoms with E-state index in [1.54, 1.807) is 24.3 Å². The van der Waals surface area contributed by atoms with Gasteiger partial charge in [0.25, 0.3) is 17.7 Å². The monoisotopic (exact) mass is 459 g/mol. The quantitative estimate of drug-likeness (QED) is 0.397. The van der Waals surface area contributed by atoms with Crippen molar-refractivity contribution in [2.45, 2.75) is 11.3 Å². The molecule has 4 rings (SSSR count). The van der Waals surface area contributed by atoms with Crippen LogP contribution in [0.3, 0.4) is 0 Å². The summed E-state index contributed by atoms with van der Waals surface area (Å²) in [6.45, 7) is 0.266. The number of imide groups is 1. The lowest BCUT2D eigenvalue weighted by molar-refractivity contribution is -0.115. The minimum atomic E-state index is -0.459. The molecule has 0 unspecified atom stereocenters.